The zero-order valence-electron chi connectivity index (χ0n) is 11.3. The molecule has 1 aromatic carbocycles. The van der Waals surface area contributed by atoms with Crippen molar-refractivity contribution in [1.29, 1.82) is 0 Å². The second-order valence-corrected chi connectivity index (χ2v) is 5.18. The number of aromatic nitrogens is 3. The minimum absolute atomic E-state index is 0.0901. The second-order valence-electron chi connectivity index (χ2n) is 5.18. The van der Waals surface area contributed by atoms with E-state index in [2.05, 4.69) is 9.97 Å². The maximum absolute atomic E-state index is 12.8. The third-order valence-electron chi connectivity index (χ3n) is 3.40. The summed E-state index contributed by atoms with van der Waals surface area (Å²) in [5.74, 6) is 0.0901. The van der Waals surface area contributed by atoms with Gasteiger partial charge in [0.05, 0.1) is 16.6 Å². The van der Waals surface area contributed by atoms with Crippen LogP contribution in [0.15, 0.2) is 29.2 Å². The van der Waals surface area contributed by atoms with Crippen LogP contribution in [0.4, 0.5) is 13.2 Å². The largest absolute Gasteiger partial charge is 0.416 e. The lowest BCUT2D eigenvalue weighted by Crippen LogP contribution is -2.13. The molecule has 0 saturated carbocycles. The van der Waals surface area contributed by atoms with Gasteiger partial charge in [0.1, 0.15) is 0 Å². The van der Waals surface area contributed by atoms with Crippen LogP contribution in [0.3, 0.4) is 0 Å². The predicted octanol–water partition coefficient (Wildman–Crippen LogP) is 3.32. The molecule has 7 heteroatoms. The number of H-pyrrole nitrogens is 1. The number of nitrogens with one attached hydrogen (secondary N) is 1. The number of hydrogen-bond acceptors (Lipinski definition) is 2. The Balaban J connectivity index is 2.44. The van der Waals surface area contributed by atoms with E-state index < -0.39 is 17.3 Å². The van der Waals surface area contributed by atoms with Crippen LogP contribution in [0, 0.1) is 0 Å². The van der Waals surface area contributed by atoms with E-state index in [0.29, 0.717) is 5.52 Å². The predicted molar refractivity (Wildman–Crippen MR) is 72.4 cm³/mol. The number of imidazole rings is 1. The Labute approximate surface area is 117 Å². The molecule has 0 aliphatic carbocycles. The van der Waals surface area contributed by atoms with Crippen molar-refractivity contribution >= 4 is 16.7 Å². The molecule has 0 spiro atoms. The molecule has 0 saturated heterocycles. The Morgan fingerprint density at radius 3 is 2.62 bits per heavy atom. The van der Waals surface area contributed by atoms with E-state index in [0.717, 1.165) is 17.8 Å². The molecule has 0 fully saturated rings. The van der Waals surface area contributed by atoms with E-state index in [1.807, 2.05) is 13.8 Å². The molecule has 2 aromatic heterocycles. The van der Waals surface area contributed by atoms with Crippen molar-refractivity contribution in [3.63, 3.8) is 0 Å². The number of hydrogen-bond donors (Lipinski definition) is 1. The fraction of sp³-hybridized carbons (Fsp3) is 0.286. The zero-order valence-corrected chi connectivity index (χ0v) is 11.3. The number of aromatic amines is 1. The van der Waals surface area contributed by atoms with Crippen molar-refractivity contribution in [1.82, 2.24) is 14.4 Å². The molecule has 0 amide bonds. The number of nitrogens with zero attached hydrogens (tertiary/aromatic N) is 2. The van der Waals surface area contributed by atoms with Gasteiger partial charge in [-0.05, 0) is 24.1 Å². The molecule has 0 unspecified atom stereocenters. The van der Waals surface area contributed by atoms with Crippen LogP contribution in [0.25, 0.3) is 16.7 Å². The number of fused-ring (bicyclic) bond motifs is 3. The van der Waals surface area contributed by atoms with E-state index in [1.165, 1.54) is 6.07 Å². The van der Waals surface area contributed by atoms with Gasteiger partial charge in [0.25, 0.3) is 5.56 Å². The molecule has 2 heterocycles. The first kappa shape index (κ1) is 13.7. The van der Waals surface area contributed by atoms with Crippen LogP contribution < -0.4 is 5.56 Å². The van der Waals surface area contributed by atoms with E-state index in [4.69, 9.17) is 0 Å². The summed E-state index contributed by atoms with van der Waals surface area (Å²) in [6.45, 7) is 3.86. The lowest BCUT2D eigenvalue weighted by molar-refractivity contribution is -0.137. The van der Waals surface area contributed by atoms with Gasteiger partial charge in [0.15, 0.2) is 0 Å². The summed E-state index contributed by atoms with van der Waals surface area (Å²) in [5.41, 5.74) is 0.303. The average Bonchev–Trinajstić information content (AvgIpc) is 2.82. The van der Waals surface area contributed by atoms with Crippen LogP contribution >= 0.6 is 0 Å². The maximum atomic E-state index is 12.8. The SMILES string of the molecule is CC(C)c1cnc2c(=O)[nH]c3cc(C(F)(F)F)ccc3n12. The number of alkyl halides is 3. The fourth-order valence-electron chi connectivity index (χ4n) is 2.37. The maximum Gasteiger partial charge on any atom is 0.416 e. The van der Waals surface area contributed by atoms with Crippen molar-refractivity contribution < 1.29 is 13.2 Å². The summed E-state index contributed by atoms with van der Waals surface area (Å²) in [4.78, 5) is 18.5. The van der Waals surface area contributed by atoms with Gasteiger partial charge in [0.2, 0.25) is 5.65 Å². The van der Waals surface area contributed by atoms with Crippen molar-refractivity contribution in [3.8, 4) is 0 Å². The standard InChI is InChI=1S/C14H12F3N3O/c1-7(2)11-6-18-12-13(21)19-9-5-8(14(15,16)17)3-4-10(9)20(11)12/h3-7H,1-2H3,(H,19,21). The summed E-state index contributed by atoms with van der Waals surface area (Å²) >= 11 is 0. The fourth-order valence-corrected chi connectivity index (χ4v) is 2.37. The molecule has 3 aromatic rings. The van der Waals surface area contributed by atoms with Crippen LogP contribution in [0.5, 0.6) is 0 Å². The Morgan fingerprint density at radius 2 is 2.00 bits per heavy atom. The molecule has 0 bridgehead atoms. The molecular formula is C14H12F3N3O. The highest BCUT2D eigenvalue weighted by Gasteiger charge is 2.30. The topological polar surface area (TPSA) is 50.2 Å². The van der Waals surface area contributed by atoms with Crippen molar-refractivity contribution in [2.75, 3.05) is 0 Å². The highest BCUT2D eigenvalue weighted by atomic mass is 19.4. The quantitative estimate of drug-likeness (QED) is 0.748. The monoisotopic (exact) mass is 295 g/mol. The van der Waals surface area contributed by atoms with Gasteiger partial charge in [-0.15, -0.1) is 0 Å². The molecule has 0 radical (unpaired) electrons. The van der Waals surface area contributed by atoms with E-state index in [-0.39, 0.29) is 17.1 Å². The lowest BCUT2D eigenvalue weighted by atomic mass is 10.1. The zero-order chi connectivity index (χ0) is 15.4. The van der Waals surface area contributed by atoms with E-state index in [9.17, 15) is 18.0 Å². The van der Waals surface area contributed by atoms with Crippen LogP contribution in [0.1, 0.15) is 31.0 Å². The normalized spacial score (nSPS) is 12.7. The molecule has 21 heavy (non-hydrogen) atoms. The number of halogens is 3. The van der Waals surface area contributed by atoms with Gasteiger partial charge in [-0.2, -0.15) is 13.2 Å². The van der Waals surface area contributed by atoms with Crippen molar-refractivity contribution in [2.45, 2.75) is 25.9 Å². The molecule has 4 nitrogen and oxygen atoms in total. The Morgan fingerprint density at radius 1 is 1.29 bits per heavy atom. The minimum Gasteiger partial charge on any atom is -0.317 e. The molecular weight excluding hydrogens is 283 g/mol. The van der Waals surface area contributed by atoms with Gasteiger partial charge in [0, 0.05) is 11.9 Å². The molecule has 110 valence electrons. The van der Waals surface area contributed by atoms with E-state index >= 15 is 0 Å². The van der Waals surface area contributed by atoms with Crippen LogP contribution in [0.2, 0.25) is 0 Å². The van der Waals surface area contributed by atoms with Gasteiger partial charge in [-0.1, -0.05) is 13.8 Å². The second kappa shape index (κ2) is 4.34. The first-order chi connectivity index (χ1) is 9.79. The van der Waals surface area contributed by atoms with Crippen LogP contribution in [-0.2, 0) is 6.18 Å². The molecule has 3 rings (SSSR count). The summed E-state index contributed by atoms with van der Waals surface area (Å²) in [5, 5.41) is 0. The summed E-state index contributed by atoms with van der Waals surface area (Å²) < 4.78 is 39.9. The summed E-state index contributed by atoms with van der Waals surface area (Å²) in [6.07, 6.45) is -2.87. The molecule has 0 aliphatic rings. The van der Waals surface area contributed by atoms with Crippen molar-refractivity contribution in [2.24, 2.45) is 0 Å². The highest BCUT2D eigenvalue weighted by molar-refractivity contribution is 5.78. The average molecular weight is 295 g/mol. The Bertz CT molecular complexity index is 890. The molecule has 0 aliphatic heterocycles. The Hall–Kier alpha value is -2.31. The third-order valence-corrected chi connectivity index (χ3v) is 3.40. The van der Waals surface area contributed by atoms with Gasteiger partial charge >= 0.3 is 6.18 Å². The molecule has 0 atom stereocenters. The smallest absolute Gasteiger partial charge is 0.317 e. The van der Waals surface area contributed by atoms with Gasteiger partial charge in [-0.3, -0.25) is 9.20 Å². The minimum atomic E-state index is -4.45. The highest BCUT2D eigenvalue weighted by Crippen LogP contribution is 2.31. The van der Waals surface area contributed by atoms with E-state index in [1.54, 1.807) is 10.6 Å². The van der Waals surface area contributed by atoms with Crippen molar-refractivity contribution in [3.05, 3.63) is 46.0 Å². The van der Waals surface area contributed by atoms with Gasteiger partial charge < -0.3 is 4.98 Å². The first-order valence-electron chi connectivity index (χ1n) is 6.39. The number of rotatable bonds is 1. The third kappa shape index (κ3) is 2.09. The van der Waals surface area contributed by atoms with Gasteiger partial charge in [-0.25, -0.2) is 4.98 Å². The molecule has 1 N–H and O–H groups in total. The summed E-state index contributed by atoms with van der Waals surface area (Å²) in [6, 6.07) is 3.30. The Kier molecular flexibility index (Phi) is 2.82. The lowest BCUT2D eigenvalue weighted by Gasteiger charge is -2.11. The first-order valence-corrected chi connectivity index (χ1v) is 6.39. The van der Waals surface area contributed by atoms with Crippen LogP contribution in [-0.4, -0.2) is 14.4 Å². The number of benzene rings is 1. The summed E-state index contributed by atoms with van der Waals surface area (Å²) in [7, 11) is 0.